The fourth-order valence-electron chi connectivity index (χ4n) is 1.72. The Kier molecular flexibility index (Phi) is 3.80. The Bertz CT molecular complexity index is 694. The van der Waals surface area contributed by atoms with Crippen LogP contribution in [0.4, 0.5) is 5.00 Å². The van der Waals surface area contributed by atoms with E-state index in [-0.39, 0.29) is 11.5 Å². The summed E-state index contributed by atoms with van der Waals surface area (Å²) in [5.74, 6) is -1.45. The molecule has 0 unspecified atom stereocenters. The minimum Gasteiger partial charge on any atom is -0.478 e. The van der Waals surface area contributed by atoms with Crippen LogP contribution in [0.5, 0.6) is 0 Å². The Morgan fingerprint density at radius 3 is 2.50 bits per heavy atom. The van der Waals surface area contributed by atoms with Crippen molar-refractivity contribution in [2.75, 3.05) is 5.32 Å². The first-order chi connectivity index (χ1) is 9.38. The average Bonchev–Trinajstić information content (AvgIpc) is 2.73. The lowest BCUT2D eigenvalue weighted by atomic mass is 10.2. The molecule has 0 aromatic carbocycles. The summed E-state index contributed by atoms with van der Waals surface area (Å²) in [4.78, 5) is 24.1. The molecule has 2 heterocycles. The number of aryl methyl sites for hydroxylation is 3. The molecule has 0 aliphatic rings. The molecule has 2 N–H and O–H groups in total. The number of carbonyl (C=O) groups is 2. The van der Waals surface area contributed by atoms with Gasteiger partial charge in [0.05, 0.1) is 22.5 Å². The first kappa shape index (κ1) is 14.1. The molecule has 0 bridgehead atoms. The van der Waals surface area contributed by atoms with Crippen molar-refractivity contribution in [3.63, 3.8) is 0 Å². The van der Waals surface area contributed by atoms with Gasteiger partial charge in [0.25, 0.3) is 5.91 Å². The molecule has 0 fully saturated rings. The summed E-state index contributed by atoms with van der Waals surface area (Å²) < 4.78 is 0. The van der Waals surface area contributed by atoms with E-state index < -0.39 is 5.97 Å². The van der Waals surface area contributed by atoms with Crippen molar-refractivity contribution in [2.24, 2.45) is 0 Å². The zero-order chi connectivity index (χ0) is 14.9. The molecule has 0 spiro atoms. The van der Waals surface area contributed by atoms with E-state index in [0.29, 0.717) is 22.0 Å². The van der Waals surface area contributed by atoms with Crippen LogP contribution in [-0.4, -0.2) is 27.2 Å². The molecule has 0 saturated carbocycles. The van der Waals surface area contributed by atoms with Gasteiger partial charge in [-0.1, -0.05) is 0 Å². The molecule has 104 valence electrons. The zero-order valence-corrected chi connectivity index (χ0v) is 12.0. The number of amides is 1. The second kappa shape index (κ2) is 5.38. The number of nitrogens with one attached hydrogen (secondary N) is 1. The van der Waals surface area contributed by atoms with Gasteiger partial charge in [-0.3, -0.25) is 4.79 Å². The number of carboxylic acid groups (broad SMARTS) is 1. The van der Waals surface area contributed by atoms with Crippen molar-refractivity contribution in [3.8, 4) is 0 Å². The zero-order valence-electron chi connectivity index (χ0n) is 11.2. The monoisotopic (exact) mass is 291 g/mol. The highest BCUT2D eigenvalue weighted by atomic mass is 32.1. The summed E-state index contributed by atoms with van der Waals surface area (Å²) in [6.07, 6.45) is 0. The topological polar surface area (TPSA) is 92.2 Å². The number of hydrogen-bond donors (Lipinski definition) is 2. The number of thiophene rings is 1. The van der Waals surface area contributed by atoms with Gasteiger partial charge in [-0.2, -0.15) is 10.2 Å². The Morgan fingerprint density at radius 2 is 1.85 bits per heavy atom. The van der Waals surface area contributed by atoms with Gasteiger partial charge in [0.1, 0.15) is 5.00 Å². The van der Waals surface area contributed by atoms with Gasteiger partial charge in [0.2, 0.25) is 0 Å². The predicted molar refractivity (Wildman–Crippen MR) is 75.5 cm³/mol. The second-order valence-corrected chi connectivity index (χ2v) is 5.60. The van der Waals surface area contributed by atoms with Crippen LogP contribution < -0.4 is 5.32 Å². The molecule has 6 nitrogen and oxygen atoms in total. The summed E-state index contributed by atoms with van der Waals surface area (Å²) in [5.41, 5.74) is 1.61. The van der Waals surface area contributed by atoms with Gasteiger partial charge in [-0.05, 0) is 32.9 Å². The van der Waals surface area contributed by atoms with Crippen LogP contribution in [0.1, 0.15) is 37.0 Å². The summed E-state index contributed by atoms with van der Waals surface area (Å²) in [7, 11) is 0. The van der Waals surface area contributed by atoms with Gasteiger partial charge in [-0.15, -0.1) is 11.3 Å². The first-order valence-electron chi connectivity index (χ1n) is 5.84. The number of rotatable bonds is 3. The number of nitrogens with zero attached hydrogens (tertiary/aromatic N) is 2. The van der Waals surface area contributed by atoms with E-state index in [0.717, 1.165) is 4.88 Å². The van der Waals surface area contributed by atoms with Crippen LogP contribution in [0.15, 0.2) is 12.1 Å². The van der Waals surface area contributed by atoms with Crippen LogP contribution in [0.2, 0.25) is 0 Å². The van der Waals surface area contributed by atoms with Crippen molar-refractivity contribution in [1.29, 1.82) is 0 Å². The maximum absolute atomic E-state index is 12.2. The molecular weight excluding hydrogens is 278 g/mol. The van der Waals surface area contributed by atoms with E-state index in [1.54, 1.807) is 26.8 Å². The number of carbonyl (C=O) groups excluding carboxylic acids is 1. The highest BCUT2D eigenvalue weighted by Crippen LogP contribution is 2.28. The van der Waals surface area contributed by atoms with Crippen LogP contribution >= 0.6 is 11.3 Å². The molecule has 20 heavy (non-hydrogen) atoms. The number of anilines is 1. The number of aromatic nitrogens is 2. The number of aromatic carboxylic acids is 1. The normalized spacial score (nSPS) is 10.3. The molecule has 0 aliphatic carbocycles. The lowest BCUT2D eigenvalue weighted by Gasteiger charge is -2.06. The Morgan fingerprint density at radius 1 is 1.15 bits per heavy atom. The molecule has 7 heteroatoms. The van der Waals surface area contributed by atoms with Crippen LogP contribution in [0, 0.1) is 20.8 Å². The van der Waals surface area contributed by atoms with Crippen molar-refractivity contribution < 1.29 is 14.7 Å². The summed E-state index contributed by atoms with van der Waals surface area (Å²) in [5, 5.41) is 19.8. The Labute approximate surface area is 119 Å². The summed E-state index contributed by atoms with van der Waals surface area (Å²) in [6, 6.07) is 3.16. The van der Waals surface area contributed by atoms with Crippen LogP contribution in [0.25, 0.3) is 0 Å². The van der Waals surface area contributed by atoms with E-state index >= 15 is 0 Å². The minimum atomic E-state index is -1.06. The van der Waals surface area contributed by atoms with E-state index in [1.807, 2.05) is 0 Å². The third-order valence-corrected chi connectivity index (χ3v) is 3.62. The molecule has 2 aromatic rings. The smallest absolute Gasteiger partial charge is 0.338 e. The molecule has 0 atom stereocenters. The van der Waals surface area contributed by atoms with Crippen LogP contribution in [-0.2, 0) is 0 Å². The van der Waals surface area contributed by atoms with Crippen molar-refractivity contribution in [2.45, 2.75) is 20.8 Å². The molecule has 1 amide bonds. The highest BCUT2D eigenvalue weighted by molar-refractivity contribution is 7.16. The third kappa shape index (κ3) is 2.83. The summed E-state index contributed by atoms with van der Waals surface area (Å²) in [6.45, 7) is 5.20. The lowest BCUT2D eigenvalue weighted by molar-refractivity contribution is 0.0698. The van der Waals surface area contributed by atoms with Gasteiger partial charge in [0, 0.05) is 4.88 Å². The van der Waals surface area contributed by atoms with Gasteiger partial charge < -0.3 is 10.4 Å². The van der Waals surface area contributed by atoms with E-state index in [1.165, 1.54) is 17.4 Å². The van der Waals surface area contributed by atoms with Crippen molar-refractivity contribution >= 4 is 28.2 Å². The largest absolute Gasteiger partial charge is 0.478 e. The van der Waals surface area contributed by atoms with Crippen molar-refractivity contribution in [1.82, 2.24) is 10.2 Å². The Hall–Kier alpha value is -2.28. The van der Waals surface area contributed by atoms with Gasteiger partial charge in [-0.25, -0.2) is 4.79 Å². The van der Waals surface area contributed by atoms with Crippen molar-refractivity contribution in [3.05, 3.63) is 39.5 Å². The fraction of sp³-hybridized carbons (Fsp3) is 0.231. The number of carboxylic acids is 1. The second-order valence-electron chi connectivity index (χ2n) is 4.34. The van der Waals surface area contributed by atoms with Gasteiger partial charge >= 0.3 is 5.97 Å². The molecule has 0 radical (unpaired) electrons. The fourth-order valence-corrected chi connectivity index (χ4v) is 2.61. The van der Waals surface area contributed by atoms with E-state index in [4.69, 9.17) is 5.11 Å². The highest BCUT2D eigenvalue weighted by Gasteiger charge is 2.18. The predicted octanol–water partition coefficient (Wildman–Crippen LogP) is 2.41. The molecular formula is C13H13N3O3S. The van der Waals surface area contributed by atoms with E-state index in [2.05, 4.69) is 15.5 Å². The molecule has 2 rings (SSSR count). The van der Waals surface area contributed by atoms with Crippen LogP contribution in [0.3, 0.4) is 0 Å². The molecule has 0 aliphatic heterocycles. The van der Waals surface area contributed by atoms with Gasteiger partial charge in [0.15, 0.2) is 0 Å². The SMILES string of the molecule is Cc1cc(C(=O)Nc2sc(C)cc2C(=O)O)c(C)nn1. The Balaban J connectivity index is 2.32. The van der Waals surface area contributed by atoms with E-state index in [9.17, 15) is 9.59 Å². The average molecular weight is 291 g/mol. The number of hydrogen-bond acceptors (Lipinski definition) is 5. The standard InChI is InChI=1S/C13H13N3O3S/c1-6-4-9(8(3)16-15-6)11(17)14-12-10(13(18)19)5-7(2)20-12/h4-5H,1-3H3,(H,14,17)(H,18,19). The lowest BCUT2D eigenvalue weighted by Crippen LogP contribution is -2.16. The minimum absolute atomic E-state index is 0.0947. The third-order valence-electron chi connectivity index (χ3n) is 2.66. The quantitative estimate of drug-likeness (QED) is 0.906. The molecule has 0 saturated heterocycles. The molecule has 2 aromatic heterocycles. The maximum Gasteiger partial charge on any atom is 0.338 e. The maximum atomic E-state index is 12.2. The first-order valence-corrected chi connectivity index (χ1v) is 6.66. The summed E-state index contributed by atoms with van der Waals surface area (Å²) >= 11 is 1.23.